The number of hydrogen-bond acceptors (Lipinski definition) is 4. The van der Waals surface area contributed by atoms with Gasteiger partial charge in [-0.15, -0.1) is 0 Å². The largest absolute Gasteiger partial charge is 0.437 e. The van der Waals surface area contributed by atoms with Crippen molar-refractivity contribution in [3.63, 3.8) is 0 Å². The fourth-order valence-electron chi connectivity index (χ4n) is 4.38. The molecule has 30 heavy (non-hydrogen) atoms. The second-order valence-corrected chi connectivity index (χ2v) is 31.6. The third kappa shape index (κ3) is 17.5. The summed E-state index contributed by atoms with van der Waals surface area (Å²) in [5.41, 5.74) is 0. The van der Waals surface area contributed by atoms with Gasteiger partial charge in [-0.2, -0.15) is 0 Å². The lowest BCUT2D eigenvalue weighted by Crippen LogP contribution is -2.58. The summed E-state index contributed by atoms with van der Waals surface area (Å²) in [6.07, 6.45) is 10.9. The Morgan fingerprint density at radius 2 is 0.800 bits per heavy atom. The minimum Gasteiger partial charge on any atom is -0.437 e. The fraction of sp³-hybridized carbons (Fsp3) is 1.00. The van der Waals surface area contributed by atoms with E-state index in [1.165, 1.54) is 57.4 Å². The molecule has 0 amide bonds. The van der Waals surface area contributed by atoms with E-state index in [1.54, 1.807) is 0 Å². The molecule has 0 unspecified atom stereocenters. The van der Waals surface area contributed by atoms with Gasteiger partial charge in [0.1, 0.15) is 0 Å². The summed E-state index contributed by atoms with van der Waals surface area (Å²) >= 11 is 0. The van der Waals surface area contributed by atoms with Crippen LogP contribution in [0.4, 0.5) is 0 Å². The molecule has 0 saturated heterocycles. The van der Waals surface area contributed by atoms with E-state index >= 15 is 0 Å². The van der Waals surface area contributed by atoms with Crippen LogP contribution in [-0.2, 0) is 16.5 Å². The van der Waals surface area contributed by atoms with Crippen molar-refractivity contribution in [2.75, 3.05) is 0 Å². The SMILES string of the molecule is CCCCCCCCCC[Si](C)(C)O[Si](C)(C)O[Si](C)(C)O[Si](C)(C)O[Si](C)(C)C. The van der Waals surface area contributed by atoms with E-state index in [1.807, 2.05) is 0 Å². The van der Waals surface area contributed by atoms with Gasteiger partial charge in [0.2, 0.25) is 0 Å². The van der Waals surface area contributed by atoms with Crippen molar-refractivity contribution in [3.8, 4) is 0 Å². The Labute approximate surface area is 194 Å². The van der Waals surface area contributed by atoms with Gasteiger partial charge in [0.25, 0.3) is 0 Å². The van der Waals surface area contributed by atoms with Crippen molar-refractivity contribution >= 4 is 42.3 Å². The lowest BCUT2D eigenvalue weighted by molar-refractivity contribution is 0.299. The Morgan fingerprint density at radius 3 is 1.23 bits per heavy atom. The molecule has 0 aliphatic carbocycles. The van der Waals surface area contributed by atoms with Crippen LogP contribution in [0.3, 0.4) is 0 Å². The molecule has 0 aliphatic rings. The van der Waals surface area contributed by atoms with E-state index in [0.717, 1.165) is 0 Å². The third-order valence-corrected chi connectivity index (χ3v) is 22.7. The van der Waals surface area contributed by atoms with Gasteiger partial charge >= 0.3 is 25.7 Å². The number of rotatable bonds is 17. The zero-order valence-electron chi connectivity index (χ0n) is 22.5. The van der Waals surface area contributed by atoms with E-state index < -0.39 is 42.3 Å². The van der Waals surface area contributed by atoms with Crippen LogP contribution in [0.2, 0.25) is 78.1 Å². The minimum atomic E-state index is -2.32. The average Bonchev–Trinajstić information content (AvgIpc) is 2.43. The molecule has 0 radical (unpaired) electrons. The van der Waals surface area contributed by atoms with Crippen molar-refractivity contribution in [3.05, 3.63) is 0 Å². The quantitative estimate of drug-likeness (QED) is 0.145. The van der Waals surface area contributed by atoms with Gasteiger partial charge in [-0.1, -0.05) is 58.3 Å². The molecule has 0 atom stereocenters. The first-order chi connectivity index (χ1) is 13.4. The summed E-state index contributed by atoms with van der Waals surface area (Å²) in [6, 6.07) is 1.23. The van der Waals surface area contributed by atoms with Crippen LogP contribution >= 0.6 is 0 Å². The number of hydrogen-bond donors (Lipinski definition) is 0. The van der Waals surface area contributed by atoms with Crippen LogP contribution in [0.15, 0.2) is 0 Å². The minimum absolute atomic E-state index is 1.23. The van der Waals surface area contributed by atoms with Crippen molar-refractivity contribution in [2.45, 2.75) is 136 Å². The first kappa shape index (κ1) is 30.9. The van der Waals surface area contributed by atoms with Crippen LogP contribution in [0.1, 0.15) is 58.3 Å². The highest BCUT2D eigenvalue weighted by Crippen LogP contribution is 2.27. The Morgan fingerprint density at radius 1 is 0.433 bits per heavy atom. The zero-order valence-corrected chi connectivity index (χ0v) is 27.5. The molecule has 0 saturated carbocycles. The van der Waals surface area contributed by atoms with Gasteiger partial charge in [-0.05, 0) is 78.1 Å². The molecular formula is C21H54O4Si5. The maximum Gasteiger partial charge on any atom is 0.314 e. The second kappa shape index (κ2) is 13.0. The predicted molar refractivity (Wildman–Crippen MR) is 145 cm³/mol. The second-order valence-electron chi connectivity index (χ2n) is 11.7. The van der Waals surface area contributed by atoms with Crippen molar-refractivity contribution < 1.29 is 16.5 Å². The highest BCUT2D eigenvalue weighted by Gasteiger charge is 2.44. The average molecular weight is 511 g/mol. The number of unbranched alkanes of at least 4 members (excludes halogenated alkanes) is 7. The molecule has 0 aromatic heterocycles. The van der Waals surface area contributed by atoms with Crippen molar-refractivity contribution in [1.29, 1.82) is 0 Å². The normalized spacial score (nSPS) is 14.4. The van der Waals surface area contributed by atoms with Crippen molar-refractivity contribution in [2.24, 2.45) is 0 Å². The summed E-state index contributed by atoms with van der Waals surface area (Å²) < 4.78 is 26.3. The van der Waals surface area contributed by atoms with Gasteiger partial charge in [0.15, 0.2) is 16.6 Å². The van der Waals surface area contributed by atoms with E-state index in [0.29, 0.717) is 0 Å². The Bertz CT molecular complexity index is 477. The monoisotopic (exact) mass is 510 g/mol. The molecule has 0 bridgehead atoms. The topological polar surface area (TPSA) is 36.9 Å². The van der Waals surface area contributed by atoms with Crippen LogP contribution in [0, 0.1) is 0 Å². The summed E-state index contributed by atoms with van der Waals surface area (Å²) in [7, 11) is -10.1. The van der Waals surface area contributed by atoms with Gasteiger partial charge in [0, 0.05) is 0 Å². The maximum atomic E-state index is 6.73. The molecule has 9 heteroatoms. The van der Waals surface area contributed by atoms with Crippen LogP contribution < -0.4 is 0 Å². The summed E-state index contributed by atoms with van der Waals surface area (Å²) in [5, 5.41) is 0. The van der Waals surface area contributed by atoms with E-state index in [-0.39, 0.29) is 0 Å². The maximum absolute atomic E-state index is 6.73. The molecule has 0 aromatic rings. The van der Waals surface area contributed by atoms with Gasteiger partial charge in [0.05, 0.1) is 0 Å². The molecule has 182 valence electrons. The molecule has 0 N–H and O–H groups in total. The van der Waals surface area contributed by atoms with E-state index in [9.17, 15) is 0 Å². The molecule has 0 rings (SSSR count). The highest BCUT2D eigenvalue weighted by molar-refractivity contribution is 6.90. The molecule has 0 fully saturated rings. The predicted octanol–water partition coefficient (Wildman–Crippen LogP) is 8.34. The Kier molecular flexibility index (Phi) is 13.4. The highest BCUT2D eigenvalue weighted by atomic mass is 28.5. The van der Waals surface area contributed by atoms with Gasteiger partial charge < -0.3 is 16.5 Å². The molecule has 4 nitrogen and oxygen atoms in total. The Hall–Kier alpha value is 0.924. The molecular weight excluding hydrogens is 457 g/mol. The fourth-order valence-corrected chi connectivity index (χ4v) is 28.2. The third-order valence-electron chi connectivity index (χ3n) is 4.69. The van der Waals surface area contributed by atoms with Crippen LogP contribution in [0.5, 0.6) is 0 Å². The summed E-state index contributed by atoms with van der Waals surface area (Å²) in [5.74, 6) is 0. The summed E-state index contributed by atoms with van der Waals surface area (Å²) in [4.78, 5) is 0. The van der Waals surface area contributed by atoms with Gasteiger partial charge in [-0.25, -0.2) is 0 Å². The van der Waals surface area contributed by atoms with E-state index in [2.05, 4.69) is 78.9 Å². The Balaban J connectivity index is 4.51. The lowest BCUT2D eigenvalue weighted by Gasteiger charge is -2.42. The summed E-state index contributed by atoms with van der Waals surface area (Å²) in [6.45, 7) is 26.7. The zero-order chi connectivity index (χ0) is 23.7. The lowest BCUT2D eigenvalue weighted by atomic mass is 10.1. The molecule has 0 spiro atoms. The molecule has 0 aliphatic heterocycles. The first-order valence-corrected chi connectivity index (χ1v) is 27.2. The van der Waals surface area contributed by atoms with Gasteiger partial charge in [-0.3, -0.25) is 0 Å². The molecule has 0 heterocycles. The van der Waals surface area contributed by atoms with Crippen LogP contribution in [0.25, 0.3) is 0 Å². The standard InChI is InChI=1S/C21H54O4Si5/c1-13-14-15-16-17-18-19-20-21-27(5,6)23-29(9,10)25-30(11,12)24-28(7,8)22-26(2,3)4/h13-21H2,1-12H3. The smallest absolute Gasteiger partial charge is 0.314 e. The first-order valence-electron chi connectivity index (χ1n) is 12.2. The molecule has 0 aromatic carbocycles. The van der Waals surface area contributed by atoms with Crippen LogP contribution in [-0.4, -0.2) is 42.3 Å². The van der Waals surface area contributed by atoms with E-state index in [4.69, 9.17) is 16.5 Å². The van der Waals surface area contributed by atoms with Crippen molar-refractivity contribution in [1.82, 2.24) is 0 Å².